The van der Waals surface area contributed by atoms with Crippen molar-refractivity contribution in [1.29, 1.82) is 0 Å². The first-order chi connectivity index (χ1) is 12.1. The molecule has 1 aliphatic rings. The molecule has 138 valence electrons. The van der Waals surface area contributed by atoms with E-state index in [4.69, 9.17) is 4.74 Å². The van der Waals surface area contributed by atoms with Crippen molar-refractivity contribution in [1.82, 2.24) is 14.8 Å². The van der Waals surface area contributed by atoms with Gasteiger partial charge in [0.25, 0.3) is 5.91 Å². The van der Waals surface area contributed by atoms with Crippen LogP contribution in [0.15, 0.2) is 18.3 Å². The molecule has 1 aliphatic heterocycles. The third kappa shape index (κ3) is 5.08. The summed E-state index contributed by atoms with van der Waals surface area (Å²) in [6, 6.07) is 3.78. The fourth-order valence-electron chi connectivity index (χ4n) is 2.97. The van der Waals surface area contributed by atoms with E-state index in [1.165, 1.54) is 0 Å². The summed E-state index contributed by atoms with van der Waals surface area (Å²) in [6.07, 6.45) is 3.07. The molecule has 1 saturated heterocycles. The molecule has 2 amide bonds. The van der Waals surface area contributed by atoms with Crippen LogP contribution in [0.5, 0.6) is 0 Å². The van der Waals surface area contributed by atoms with Crippen molar-refractivity contribution in [2.75, 3.05) is 38.1 Å². The van der Waals surface area contributed by atoms with Gasteiger partial charge in [0.15, 0.2) is 0 Å². The second-order valence-corrected chi connectivity index (χ2v) is 6.01. The number of aromatic nitrogens is 1. The first-order valence-electron chi connectivity index (χ1n) is 9.02. The number of carbonyl (C=O) groups excluding carboxylic acids is 2. The van der Waals surface area contributed by atoms with Gasteiger partial charge in [0.05, 0.1) is 6.61 Å². The largest absolute Gasteiger partial charge is 0.450 e. The predicted octanol–water partition coefficient (Wildman–Crippen LogP) is 2.60. The number of carbonyl (C=O) groups is 2. The Morgan fingerprint density at radius 2 is 1.96 bits per heavy atom. The number of ether oxygens (including phenoxy) is 1. The molecule has 0 aromatic carbocycles. The predicted molar refractivity (Wildman–Crippen MR) is 96.7 cm³/mol. The fraction of sp³-hybridized carbons (Fsp3) is 0.611. The summed E-state index contributed by atoms with van der Waals surface area (Å²) in [6.45, 7) is 8.85. The molecule has 7 nitrogen and oxygen atoms in total. The van der Waals surface area contributed by atoms with Crippen molar-refractivity contribution in [3.63, 3.8) is 0 Å². The number of nitrogens with zero attached hydrogens (tertiary/aromatic N) is 3. The molecule has 1 aromatic rings. The van der Waals surface area contributed by atoms with Crippen molar-refractivity contribution in [2.24, 2.45) is 0 Å². The maximum atomic E-state index is 12.4. The van der Waals surface area contributed by atoms with Gasteiger partial charge >= 0.3 is 6.09 Å². The molecule has 0 spiro atoms. The maximum Gasteiger partial charge on any atom is 0.409 e. The van der Waals surface area contributed by atoms with E-state index >= 15 is 0 Å². The Hall–Kier alpha value is -2.31. The Kier molecular flexibility index (Phi) is 7.03. The molecule has 0 atom stereocenters. The zero-order valence-electron chi connectivity index (χ0n) is 15.3. The molecule has 25 heavy (non-hydrogen) atoms. The van der Waals surface area contributed by atoms with Gasteiger partial charge in [0.1, 0.15) is 5.82 Å². The summed E-state index contributed by atoms with van der Waals surface area (Å²) in [5.41, 5.74) is 0.644. The van der Waals surface area contributed by atoms with Crippen LogP contribution in [0.1, 0.15) is 44.0 Å². The molecule has 0 unspecified atom stereocenters. The van der Waals surface area contributed by atoms with Crippen LogP contribution in [0.2, 0.25) is 0 Å². The monoisotopic (exact) mass is 348 g/mol. The third-order valence-corrected chi connectivity index (χ3v) is 4.43. The zero-order valence-corrected chi connectivity index (χ0v) is 15.3. The lowest BCUT2D eigenvalue weighted by Crippen LogP contribution is -2.42. The van der Waals surface area contributed by atoms with Crippen LogP contribution in [0, 0.1) is 0 Å². The summed E-state index contributed by atoms with van der Waals surface area (Å²) in [5.74, 6) is 0.722. The average molecular weight is 348 g/mol. The molecule has 1 N–H and O–H groups in total. The van der Waals surface area contributed by atoms with Gasteiger partial charge in [-0.25, -0.2) is 9.78 Å². The van der Waals surface area contributed by atoms with Crippen LogP contribution in [0.4, 0.5) is 10.6 Å². The Morgan fingerprint density at radius 1 is 1.28 bits per heavy atom. The highest BCUT2D eigenvalue weighted by Crippen LogP contribution is 2.17. The standard InChI is InChI=1S/C18H28N4O3/c1-4-21(5-2)17(23)14-7-10-19-16(13-14)20-15-8-11-22(12-9-15)18(24)25-6-3/h7,10,13,15H,4-6,8-9,11-12H2,1-3H3,(H,19,20). The number of piperidine rings is 1. The normalized spacial score (nSPS) is 14.9. The van der Waals surface area contributed by atoms with Crippen molar-refractivity contribution < 1.29 is 14.3 Å². The quantitative estimate of drug-likeness (QED) is 0.855. The molecule has 1 aromatic heterocycles. The lowest BCUT2D eigenvalue weighted by molar-refractivity contribution is 0.0772. The van der Waals surface area contributed by atoms with Gasteiger partial charge < -0.3 is 19.9 Å². The molecule has 2 rings (SSSR count). The van der Waals surface area contributed by atoms with E-state index in [1.807, 2.05) is 20.8 Å². The van der Waals surface area contributed by atoms with Gasteiger partial charge in [-0.1, -0.05) is 0 Å². The second kappa shape index (κ2) is 9.25. The average Bonchev–Trinajstić information content (AvgIpc) is 2.63. The van der Waals surface area contributed by atoms with Gasteiger partial charge in [-0.15, -0.1) is 0 Å². The number of rotatable bonds is 6. The number of nitrogens with one attached hydrogen (secondary N) is 1. The van der Waals surface area contributed by atoms with E-state index in [2.05, 4.69) is 10.3 Å². The molecular formula is C18H28N4O3. The van der Waals surface area contributed by atoms with E-state index in [9.17, 15) is 9.59 Å². The number of hydrogen-bond donors (Lipinski definition) is 1. The molecule has 7 heteroatoms. The highest BCUT2D eigenvalue weighted by Gasteiger charge is 2.24. The highest BCUT2D eigenvalue weighted by molar-refractivity contribution is 5.94. The van der Waals surface area contributed by atoms with E-state index in [1.54, 1.807) is 28.1 Å². The smallest absolute Gasteiger partial charge is 0.409 e. The van der Waals surface area contributed by atoms with Crippen LogP contribution >= 0.6 is 0 Å². The minimum Gasteiger partial charge on any atom is -0.450 e. The Morgan fingerprint density at radius 3 is 2.56 bits per heavy atom. The number of hydrogen-bond acceptors (Lipinski definition) is 5. The zero-order chi connectivity index (χ0) is 18.2. The summed E-state index contributed by atoms with van der Waals surface area (Å²) in [7, 11) is 0. The Balaban J connectivity index is 1.93. The number of anilines is 1. The molecule has 0 saturated carbocycles. The van der Waals surface area contributed by atoms with Crippen LogP contribution in [-0.2, 0) is 4.74 Å². The Labute approximate surface area is 149 Å². The summed E-state index contributed by atoms with van der Waals surface area (Å²) < 4.78 is 5.03. The minimum absolute atomic E-state index is 0.0209. The van der Waals surface area contributed by atoms with E-state index in [-0.39, 0.29) is 18.0 Å². The molecular weight excluding hydrogens is 320 g/mol. The van der Waals surface area contributed by atoms with E-state index in [0.29, 0.717) is 44.2 Å². The second-order valence-electron chi connectivity index (χ2n) is 6.01. The lowest BCUT2D eigenvalue weighted by atomic mass is 10.1. The maximum absolute atomic E-state index is 12.4. The first-order valence-corrected chi connectivity index (χ1v) is 9.02. The van der Waals surface area contributed by atoms with Crippen molar-refractivity contribution >= 4 is 17.8 Å². The molecule has 2 heterocycles. The summed E-state index contributed by atoms with van der Waals surface area (Å²) in [5, 5.41) is 3.38. The van der Waals surface area contributed by atoms with Gasteiger partial charge in [-0.2, -0.15) is 0 Å². The fourth-order valence-corrected chi connectivity index (χ4v) is 2.97. The van der Waals surface area contributed by atoms with E-state index in [0.717, 1.165) is 12.8 Å². The lowest BCUT2D eigenvalue weighted by Gasteiger charge is -2.31. The molecule has 0 aliphatic carbocycles. The third-order valence-electron chi connectivity index (χ3n) is 4.43. The Bertz CT molecular complexity index is 581. The number of likely N-dealkylation sites (tertiary alicyclic amines) is 1. The summed E-state index contributed by atoms with van der Waals surface area (Å²) >= 11 is 0. The van der Waals surface area contributed by atoms with Crippen LogP contribution in [0.25, 0.3) is 0 Å². The van der Waals surface area contributed by atoms with E-state index < -0.39 is 0 Å². The van der Waals surface area contributed by atoms with Crippen molar-refractivity contribution in [2.45, 2.75) is 39.7 Å². The molecule has 1 fully saturated rings. The summed E-state index contributed by atoms with van der Waals surface area (Å²) in [4.78, 5) is 32.0. The first kappa shape index (κ1) is 19.0. The van der Waals surface area contributed by atoms with Crippen molar-refractivity contribution in [3.05, 3.63) is 23.9 Å². The van der Waals surface area contributed by atoms with Gasteiger partial charge in [-0.05, 0) is 45.7 Å². The van der Waals surface area contributed by atoms with Crippen LogP contribution < -0.4 is 5.32 Å². The van der Waals surface area contributed by atoms with Gasteiger partial charge in [0, 0.05) is 44.0 Å². The van der Waals surface area contributed by atoms with Crippen LogP contribution in [0.3, 0.4) is 0 Å². The number of pyridine rings is 1. The van der Waals surface area contributed by atoms with Gasteiger partial charge in [-0.3, -0.25) is 4.79 Å². The topological polar surface area (TPSA) is 74.8 Å². The molecule has 0 bridgehead atoms. The SMILES string of the molecule is CCOC(=O)N1CCC(Nc2cc(C(=O)N(CC)CC)ccn2)CC1. The minimum atomic E-state index is -0.245. The number of amides is 2. The van der Waals surface area contributed by atoms with Gasteiger partial charge in [0.2, 0.25) is 0 Å². The molecule has 0 radical (unpaired) electrons. The van der Waals surface area contributed by atoms with Crippen molar-refractivity contribution in [3.8, 4) is 0 Å². The van der Waals surface area contributed by atoms with Crippen LogP contribution in [-0.4, -0.2) is 65.6 Å². The highest BCUT2D eigenvalue weighted by atomic mass is 16.6.